The van der Waals surface area contributed by atoms with Gasteiger partial charge < -0.3 is 5.11 Å². The van der Waals surface area contributed by atoms with Gasteiger partial charge in [-0.3, -0.25) is 10.1 Å². The number of aliphatic carboxylic acids is 1. The lowest BCUT2D eigenvalue weighted by Gasteiger charge is -2.06. The van der Waals surface area contributed by atoms with Crippen molar-refractivity contribution in [1.29, 1.82) is 5.26 Å². The summed E-state index contributed by atoms with van der Waals surface area (Å²) in [4.78, 5) is 10.2. The molecule has 0 saturated carbocycles. The molecule has 1 unspecified atom stereocenters. The van der Waals surface area contributed by atoms with Crippen molar-refractivity contribution in [2.24, 2.45) is 0 Å². The first-order valence-corrected chi connectivity index (χ1v) is 4.55. The molecule has 0 radical (unpaired) electrons. The molecule has 1 atom stereocenters. The van der Waals surface area contributed by atoms with Gasteiger partial charge in [0.2, 0.25) is 0 Å². The summed E-state index contributed by atoms with van der Waals surface area (Å²) in [6.45, 7) is -0.200. The first kappa shape index (κ1) is 9.71. The van der Waals surface area contributed by atoms with E-state index in [0.29, 0.717) is 0 Å². The largest absolute Gasteiger partial charge is 0.480 e. The van der Waals surface area contributed by atoms with Crippen LogP contribution in [0, 0.1) is 11.3 Å². The molecule has 0 fully saturated rings. The number of hydrogen-bond acceptors (Lipinski definition) is 4. The molecule has 1 rings (SSSR count). The summed E-state index contributed by atoms with van der Waals surface area (Å²) in [6, 6.07) is 3.27. The van der Waals surface area contributed by atoms with E-state index < -0.39 is 12.0 Å². The third kappa shape index (κ3) is 2.86. The maximum Gasteiger partial charge on any atom is 0.317 e. The second-order valence-corrected chi connectivity index (χ2v) is 3.17. The van der Waals surface area contributed by atoms with Gasteiger partial charge in [0.1, 0.15) is 6.04 Å². The molecule has 1 heterocycles. The number of nitrogens with one attached hydrogen (secondary N) is 1. The molecule has 0 spiro atoms. The second kappa shape index (κ2) is 4.60. The summed E-state index contributed by atoms with van der Waals surface area (Å²) >= 11 is 1.48. The highest BCUT2D eigenvalue weighted by atomic mass is 32.1. The number of carboxylic acid groups (broad SMARTS) is 1. The topological polar surface area (TPSA) is 73.1 Å². The lowest BCUT2D eigenvalue weighted by Crippen LogP contribution is -2.26. The standard InChI is InChI=1S/C8H8N2O2S/c9-3-7(10-4-8(11)12)6-1-2-13-5-6/h1-2,5,7,10H,4H2,(H,11,12). The summed E-state index contributed by atoms with van der Waals surface area (Å²) in [5.41, 5.74) is 0.814. The normalized spacial score (nSPS) is 11.9. The Hall–Kier alpha value is -1.38. The van der Waals surface area contributed by atoms with Crippen LogP contribution in [0.25, 0.3) is 0 Å². The molecule has 0 aliphatic carbocycles. The van der Waals surface area contributed by atoms with Crippen LogP contribution < -0.4 is 5.32 Å². The molecular formula is C8H8N2O2S. The van der Waals surface area contributed by atoms with Gasteiger partial charge in [0, 0.05) is 0 Å². The SMILES string of the molecule is N#CC(NCC(=O)O)c1ccsc1. The van der Waals surface area contributed by atoms with Gasteiger partial charge in [0.05, 0.1) is 12.6 Å². The minimum Gasteiger partial charge on any atom is -0.480 e. The Morgan fingerprint density at radius 1 is 1.85 bits per heavy atom. The van der Waals surface area contributed by atoms with Crippen LogP contribution in [-0.4, -0.2) is 17.6 Å². The average molecular weight is 196 g/mol. The molecule has 0 amide bonds. The minimum absolute atomic E-state index is 0.200. The molecule has 4 nitrogen and oxygen atoms in total. The summed E-state index contributed by atoms with van der Waals surface area (Å²) in [7, 11) is 0. The predicted octanol–water partition coefficient (Wildman–Crippen LogP) is 0.987. The van der Waals surface area contributed by atoms with E-state index in [-0.39, 0.29) is 6.54 Å². The average Bonchev–Trinajstić information content (AvgIpc) is 2.58. The van der Waals surface area contributed by atoms with Crippen LogP contribution in [0.1, 0.15) is 11.6 Å². The number of hydrogen-bond donors (Lipinski definition) is 2. The van der Waals surface area contributed by atoms with E-state index in [4.69, 9.17) is 10.4 Å². The van der Waals surface area contributed by atoms with Crippen molar-refractivity contribution in [2.75, 3.05) is 6.54 Å². The van der Waals surface area contributed by atoms with Crippen molar-refractivity contribution in [2.45, 2.75) is 6.04 Å². The molecule has 5 heteroatoms. The number of rotatable bonds is 4. The zero-order valence-electron chi connectivity index (χ0n) is 6.73. The van der Waals surface area contributed by atoms with Gasteiger partial charge >= 0.3 is 5.97 Å². The number of thiophene rings is 1. The first-order chi connectivity index (χ1) is 6.24. The fraction of sp³-hybridized carbons (Fsp3) is 0.250. The van der Waals surface area contributed by atoms with Crippen LogP contribution in [0.4, 0.5) is 0 Å². The number of nitriles is 1. The van der Waals surface area contributed by atoms with E-state index in [0.717, 1.165) is 5.56 Å². The Morgan fingerprint density at radius 2 is 2.62 bits per heavy atom. The van der Waals surface area contributed by atoms with E-state index in [1.165, 1.54) is 11.3 Å². The Labute approximate surface area is 79.4 Å². The molecule has 0 saturated heterocycles. The van der Waals surface area contributed by atoms with E-state index >= 15 is 0 Å². The van der Waals surface area contributed by atoms with Crippen LogP contribution in [0.3, 0.4) is 0 Å². The van der Waals surface area contributed by atoms with Crippen LogP contribution in [0.15, 0.2) is 16.8 Å². The Bertz CT molecular complexity index is 315. The van der Waals surface area contributed by atoms with E-state index in [9.17, 15) is 4.79 Å². The van der Waals surface area contributed by atoms with Gasteiger partial charge in [0.15, 0.2) is 0 Å². The van der Waals surface area contributed by atoms with Gasteiger partial charge in [-0.05, 0) is 22.4 Å². The van der Waals surface area contributed by atoms with E-state index in [1.807, 2.05) is 16.8 Å². The molecule has 0 bridgehead atoms. The van der Waals surface area contributed by atoms with Crippen molar-refractivity contribution in [3.8, 4) is 6.07 Å². The van der Waals surface area contributed by atoms with Gasteiger partial charge in [0.25, 0.3) is 0 Å². The minimum atomic E-state index is -0.963. The fourth-order valence-corrected chi connectivity index (χ4v) is 1.55. The molecule has 1 aromatic rings. The second-order valence-electron chi connectivity index (χ2n) is 2.39. The maximum atomic E-state index is 10.2. The highest BCUT2D eigenvalue weighted by Crippen LogP contribution is 2.14. The van der Waals surface area contributed by atoms with Crippen molar-refractivity contribution in [3.63, 3.8) is 0 Å². The van der Waals surface area contributed by atoms with E-state index in [1.54, 1.807) is 6.07 Å². The highest BCUT2D eigenvalue weighted by molar-refractivity contribution is 7.08. The summed E-state index contributed by atoms with van der Waals surface area (Å²) in [6.07, 6.45) is 0. The summed E-state index contributed by atoms with van der Waals surface area (Å²) in [5, 5.41) is 23.4. The van der Waals surface area contributed by atoms with Gasteiger partial charge in [-0.2, -0.15) is 16.6 Å². The molecule has 2 N–H and O–H groups in total. The smallest absolute Gasteiger partial charge is 0.317 e. The first-order valence-electron chi connectivity index (χ1n) is 3.61. The van der Waals surface area contributed by atoms with Crippen molar-refractivity contribution in [1.82, 2.24) is 5.32 Å². The molecule has 0 aliphatic rings. The molecule has 0 aromatic carbocycles. The van der Waals surface area contributed by atoms with Crippen molar-refractivity contribution in [3.05, 3.63) is 22.4 Å². The monoisotopic (exact) mass is 196 g/mol. The Morgan fingerprint density at radius 3 is 3.08 bits per heavy atom. The van der Waals surface area contributed by atoms with Crippen molar-refractivity contribution >= 4 is 17.3 Å². The predicted molar refractivity (Wildman–Crippen MR) is 48.3 cm³/mol. The molecule has 1 aromatic heterocycles. The van der Waals surface area contributed by atoms with Gasteiger partial charge in [-0.25, -0.2) is 0 Å². The highest BCUT2D eigenvalue weighted by Gasteiger charge is 2.10. The zero-order valence-corrected chi connectivity index (χ0v) is 7.54. The van der Waals surface area contributed by atoms with Crippen LogP contribution >= 0.6 is 11.3 Å². The molecule has 68 valence electrons. The van der Waals surface area contributed by atoms with Crippen molar-refractivity contribution < 1.29 is 9.90 Å². The van der Waals surface area contributed by atoms with Crippen LogP contribution in [-0.2, 0) is 4.79 Å². The van der Waals surface area contributed by atoms with Gasteiger partial charge in [-0.15, -0.1) is 0 Å². The number of carbonyl (C=O) groups is 1. The molecular weight excluding hydrogens is 188 g/mol. The Kier molecular flexibility index (Phi) is 3.43. The third-order valence-corrected chi connectivity index (χ3v) is 2.16. The summed E-state index contributed by atoms with van der Waals surface area (Å²) < 4.78 is 0. The molecule has 0 aliphatic heterocycles. The number of carboxylic acids is 1. The van der Waals surface area contributed by atoms with Crippen LogP contribution in [0.5, 0.6) is 0 Å². The fourth-order valence-electron chi connectivity index (χ4n) is 0.867. The zero-order chi connectivity index (χ0) is 9.68. The quantitative estimate of drug-likeness (QED) is 0.753. The number of nitrogens with zero attached hydrogens (tertiary/aromatic N) is 1. The lowest BCUT2D eigenvalue weighted by atomic mass is 10.2. The van der Waals surface area contributed by atoms with E-state index in [2.05, 4.69) is 5.32 Å². The lowest BCUT2D eigenvalue weighted by molar-refractivity contribution is -0.136. The van der Waals surface area contributed by atoms with Crippen LogP contribution in [0.2, 0.25) is 0 Å². The summed E-state index contributed by atoms with van der Waals surface area (Å²) in [5.74, 6) is -0.963. The Balaban J connectivity index is 2.55. The molecule has 13 heavy (non-hydrogen) atoms. The maximum absolute atomic E-state index is 10.2. The van der Waals surface area contributed by atoms with Gasteiger partial charge in [-0.1, -0.05) is 0 Å². The third-order valence-electron chi connectivity index (χ3n) is 1.46.